The van der Waals surface area contributed by atoms with Crippen molar-refractivity contribution >= 4 is 46.4 Å². The van der Waals surface area contributed by atoms with Crippen molar-refractivity contribution in [2.75, 3.05) is 0 Å². The summed E-state index contributed by atoms with van der Waals surface area (Å²) in [6.45, 7) is 24.7. The average molecular weight is 1000 g/mol. The lowest BCUT2D eigenvalue weighted by Gasteiger charge is -2.61. The number of nitriles is 2. The van der Waals surface area contributed by atoms with E-state index in [0.29, 0.717) is 34.5 Å². The first-order valence-electron chi connectivity index (χ1n) is 28.9. The first-order chi connectivity index (χ1) is 33.2. The van der Waals surface area contributed by atoms with Gasteiger partial charge < -0.3 is 0 Å². The molecule has 10 heteroatoms. The molecule has 0 radical (unpaired) electrons. The van der Waals surface area contributed by atoms with E-state index in [1.54, 1.807) is 0 Å². The molecule has 0 aromatic rings. The number of hydrogen-bond donors (Lipinski definition) is 2. The standard InChI is InChI=1S/2C30H48ClN3O/c2*1-19(2)7-6-8-20(3)23-9-10-24-22-18-27(33-34-28(35)13-16-32)26-17-21(31)11-14-30(26,5)25(22)12-15-29(23,24)4/h2*19-26H,6-15,17-18H2,1-5H3,(H,34,35)/b2*33-27+/t2*20-,21+,22+,23-,24+,25+,26-,29-,30-/m11/s1. The molecular weight excluding hydrogens is 908 g/mol. The van der Waals surface area contributed by atoms with Crippen molar-refractivity contribution in [1.82, 2.24) is 10.9 Å². The van der Waals surface area contributed by atoms with E-state index in [-0.39, 0.29) is 46.2 Å². The SMILES string of the molecule is CC(C)CCC[C@@H](C)[C@H]1CC[C@H]2[C@@H]3C/C(=N\NC(=O)CC#N)[C@H]4C[C@@H](Cl)CC[C@]4(C)[C@H]3CC[C@]12C.CC(C)CCC[C@@H](C)[C@H]1CC[C@H]2[C@@H]3C/C(=N\NC(=O)CC#N)[C@H]4C[C@@H](Cl)CC[C@]4(C)[C@H]3CC[C@]12C. The molecule has 0 aromatic carbocycles. The van der Waals surface area contributed by atoms with E-state index < -0.39 is 0 Å². The topological polar surface area (TPSA) is 130 Å². The molecule has 2 amide bonds. The maximum absolute atomic E-state index is 12.1. The molecule has 0 spiro atoms. The van der Waals surface area contributed by atoms with E-state index in [1.165, 1.54) is 89.9 Å². The summed E-state index contributed by atoms with van der Waals surface area (Å²) in [6.07, 6.45) is 27.2. The second kappa shape index (κ2) is 23.2. The van der Waals surface area contributed by atoms with E-state index in [1.807, 2.05) is 12.1 Å². The normalized spacial score (nSPS) is 42.6. The highest BCUT2D eigenvalue weighted by Gasteiger charge is 2.64. The molecule has 70 heavy (non-hydrogen) atoms. The number of nitrogens with one attached hydrogen (secondary N) is 2. The Balaban J connectivity index is 0.000000206. The number of hydrazone groups is 2. The van der Waals surface area contributed by atoms with Gasteiger partial charge in [-0.05, 0) is 195 Å². The molecule has 0 saturated heterocycles. The first kappa shape index (κ1) is 55.6. The third-order valence-electron chi connectivity index (χ3n) is 22.4. The molecule has 0 aromatic heterocycles. The van der Waals surface area contributed by atoms with E-state index in [0.717, 1.165) is 122 Å². The van der Waals surface area contributed by atoms with Crippen LogP contribution in [0.4, 0.5) is 0 Å². The Morgan fingerprint density at radius 2 is 0.914 bits per heavy atom. The van der Waals surface area contributed by atoms with Crippen LogP contribution < -0.4 is 10.9 Å². The van der Waals surface area contributed by atoms with Crippen molar-refractivity contribution < 1.29 is 9.59 Å². The van der Waals surface area contributed by atoms with Gasteiger partial charge in [0, 0.05) is 34.0 Å². The predicted molar refractivity (Wildman–Crippen MR) is 288 cm³/mol. The lowest BCUT2D eigenvalue weighted by Crippen LogP contribution is -2.57. The second-order valence-corrected chi connectivity index (χ2v) is 28.3. The van der Waals surface area contributed by atoms with Gasteiger partial charge in [-0.1, -0.05) is 108 Å². The molecule has 8 fully saturated rings. The summed E-state index contributed by atoms with van der Waals surface area (Å²) in [5, 5.41) is 27.6. The van der Waals surface area contributed by atoms with Crippen LogP contribution in [0.3, 0.4) is 0 Å². The second-order valence-electron chi connectivity index (χ2n) is 27.0. The van der Waals surface area contributed by atoms with Crippen LogP contribution in [0.5, 0.6) is 0 Å². The molecule has 0 aliphatic heterocycles. The van der Waals surface area contributed by atoms with Crippen LogP contribution in [-0.4, -0.2) is 34.0 Å². The van der Waals surface area contributed by atoms with Gasteiger partial charge in [-0.2, -0.15) is 20.7 Å². The molecular formula is C60H96Cl2N6O2. The number of amides is 2. The van der Waals surface area contributed by atoms with Crippen molar-refractivity contribution in [3.63, 3.8) is 0 Å². The monoisotopic (exact) mass is 1000 g/mol. The fraction of sp³-hybridized carbons (Fsp3) is 0.900. The number of rotatable bonds is 14. The molecule has 0 bridgehead atoms. The van der Waals surface area contributed by atoms with Gasteiger partial charge in [0.05, 0.1) is 12.1 Å². The predicted octanol–water partition coefficient (Wildman–Crippen LogP) is 15.4. The number of carbonyl (C=O) groups excluding carboxylic acids is 2. The molecule has 392 valence electrons. The van der Waals surface area contributed by atoms with E-state index in [2.05, 4.69) is 80.1 Å². The Morgan fingerprint density at radius 3 is 1.27 bits per heavy atom. The van der Waals surface area contributed by atoms with Gasteiger partial charge in [-0.15, -0.1) is 23.2 Å². The highest BCUT2D eigenvalue weighted by Crippen LogP contribution is 2.70. The molecule has 8 saturated carbocycles. The van der Waals surface area contributed by atoms with E-state index in [4.69, 9.17) is 43.9 Å². The molecule has 2 N–H and O–H groups in total. The number of carbonyl (C=O) groups is 2. The van der Waals surface area contributed by atoms with Crippen LogP contribution in [0.15, 0.2) is 10.2 Å². The van der Waals surface area contributed by atoms with Crippen molar-refractivity contribution in [2.45, 2.75) is 234 Å². The van der Waals surface area contributed by atoms with Gasteiger partial charge in [0.1, 0.15) is 12.8 Å². The molecule has 0 heterocycles. The van der Waals surface area contributed by atoms with Gasteiger partial charge in [-0.25, -0.2) is 10.9 Å². The van der Waals surface area contributed by atoms with E-state index in [9.17, 15) is 9.59 Å². The fourth-order valence-corrected chi connectivity index (χ4v) is 19.4. The number of halogens is 2. The molecule has 8 aliphatic carbocycles. The van der Waals surface area contributed by atoms with Crippen LogP contribution in [0, 0.1) is 127 Å². The maximum atomic E-state index is 12.1. The van der Waals surface area contributed by atoms with Crippen LogP contribution in [-0.2, 0) is 9.59 Å². The third kappa shape index (κ3) is 11.4. The summed E-state index contributed by atoms with van der Waals surface area (Å²) in [5.41, 5.74) is 9.06. The lowest BCUT2D eigenvalue weighted by atomic mass is 9.44. The number of nitrogens with zero attached hydrogens (tertiary/aromatic N) is 4. The summed E-state index contributed by atoms with van der Waals surface area (Å²) in [6, 6.07) is 3.88. The van der Waals surface area contributed by atoms with Crippen molar-refractivity contribution in [3.05, 3.63) is 0 Å². The van der Waals surface area contributed by atoms with Crippen LogP contribution in [0.1, 0.15) is 223 Å². The Bertz CT molecular complexity index is 1840. The maximum Gasteiger partial charge on any atom is 0.254 e. The number of hydrogen-bond acceptors (Lipinski definition) is 6. The Labute approximate surface area is 436 Å². The Morgan fingerprint density at radius 1 is 0.557 bits per heavy atom. The van der Waals surface area contributed by atoms with Crippen molar-refractivity contribution in [3.8, 4) is 12.1 Å². The third-order valence-corrected chi connectivity index (χ3v) is 23.2. The van der Waals surface area contributed by atoms with Crippen LogP contribution >= 0.6 is 23.2 Å². The fourth-order valence-electron chi connectivity index (χ4n) is 18.8. The van der Waals surface area contributed by atoms with Gasteiger partial charge in [0.2, 0.25) is 0 Å². The van der Waals surface area contributed by atoms with Crippen LogP contribution in [0.25, 0.3) is 0 Å². The number of alkyl halides is 2. The highest BCUT2D eigenvalue weighted by molar-refractivity contribution is 6.21. The Kier molecular flexibility index (Phi) is 18.4. The zero-order valence-electron chi connectivity index (χ0n) is 45.6. The zero-order valence-corrected chi connectivity index (χ0v) is 47.1. The summed E-state index contributed by atoms with van der Waals surface area (Å²) < 4.78 is 0. The van der Waals surface area contributed by atoms with Gasteiger partial charge in [0.25, 0.3) is 11.8 Å². The van der Waals surface area contributed by atoms with Gasteiger partial charge >= 0.3 is 0 Å². The van der Waals surface area contributed by atoms with Crippen molar-refractivity contribution in [2.24, 2.45) is 115 Å². The average Bonchev–Trinajstić information content (AvgIpc) is 3.85. The minimum atomic E-state index is -0.299. The minimum Gasteiger partial charge on any atom is -0.272 e. The summed E-state index contributed by atoms with van der Waals surface area (Å²) in [7, 11) is 0. The zero-order chi connectivity index (χ0) is 50.8. The largest absolute Gasteiger partial charge is 0.272 e. The number of fused-ring (bicyclic) bond motifs is 10. The smallest absolute Gasteiger partial charge is 0.254 e. The van der Waals surface area contributed by atoms with Crippen molar-refractivity contribution in [1.29, 1.82) is 10.5 Å². The van der Waals surface area contributed by atoms with E-state index >= 15 is 0 Å². The minimum absolute atomic E-state index is 0.139. The molecule has 8 nitrogen and oxygen atoms in total. The summed E-state index contributed by atoms with van der Waals surface area (Å²) in [4.78, 5) is 24.2. The summed E-state index contributed by atoms with van der Waals surface area (Å²) in [5.74, 6) is 9.26. The molecule has 18 atom stereocenters. The molecule has 8 aliphatic rings. The lowest BCUT2D eigenvalue weighted by molar-refractivity contribution is -0.121. The molecule has 0 unspecified atom stereocenters. The summed E-state index contributed by atoms with van der Waals surface area (Å²) >= 11 is 13.4. The highest BCUT2D eigenvalue weighted by atomic mass is 35.5. The van der Waals surface area contributed by atoms with Gasteiger partial charge in [0.15, 0.2) is 0 Å². The van der Waals surface area contributed by atoms with Crippen LogP contribution in [0.2, 0.25) is 0 Å². The van der Waals surface area contributed by atoms with Gasteiger partial charge in [-0.3, -0.25) is 9.59 Å². The Hall–Kier alpha value is -2.16. The quantitative estimate of drug-likeness (QED) is 0.133. The molecule has 8 rings (SSSR count). The first-order valence-corrected chi connectivity index (χ1v) is 29.8.